The van der Waals surface area contributed by atoms with Gasteiger partial charge in [0.15, 0.2) is 28.5 Å². The Morgan fingerprint density at radius 3 is 1.43 bits per heavy atom. The number of hydrogen-bond acceptors (Lipinski definition) is 10. The first-order chi connectivity index (χ1) is 43.6. The van der Waals surface area contributed by atoms with Crippen molar-refractivity contribution >= 4 is 34.2 Å². The second kappa shape index (κ2) is 27.1. The number of hydrogen-bond donors (Lipinski definition) is 1. The number of aromatic nitrogens is 10. The number of halogens is 9. The van der Waals surface area contributed by atoms with E-state index in [9.17, 15) is 49.1 Å². The third-order valence-electron chi connectivity index (χ3n) is 13.7. The molecule has 0 radical (unpaired) electrons. The van der Waals surface area contributed by atoms with Gasteiger partial charge in [0.05, 0.1) is 35.3 Å². The number of carbonyl (C=O) groups excluding carboxylic acids is 2. The summed E-state index contributed by atoms with van der Waals surface area (Å²) < 4.78 is 121. The highest BCUT2D eigenvalue weighted by molar-refractivity contribution is 5.99. The molecular weight excluding hydrogens is 1190 g/mol. The molecule has 0 amide bonds. The van der Waals surface area contributed by atoms with Crippen LogP contribution >= 0.6 is 0 Å². The second-order valence-electron chi connectivity index (χ2n) is 20.2. The van der Waals surface area contributed by atoms with Crippen LogP contribution in [0.2, 0.25) is 0 Å². The molecule has 7 aromatic heterocycles. The van der Waals surface area contributed by atoms with Gasteiger partial charge in [-0.3, -0.25) is 14.6 Å². The lowest BCUT2D eigenvalue weighted by Gasteiger charge is -2.12. The topological polar surface area (TPSA) is 150 Å². The number of Topliss-reactive ketones (excluding diaryl/α,β-unsaturated/α-hetero) is 2. The molecule has 0 fully saturated rings. The van der Waals surface area contributed by atoms with Crippen LogP contribution < -0.4 is 5.32 Å². The van der Waals surface area contributed by atoms with Crippen molar-refractivity contribution in [3.05, 3.63) is 291 Å². The first-order valence-corrected chi connectivity index (χ1v) is 27.5. The number of anilines is 1. The maximum absolute atomic E-state index is 12.9. The predicted molar refractivity (Wildman–Crippen MR) is 321 cm³/mol. The predicted octanol–water partition coefficient (Wildman–Crippen LogP) is 13.9. The van der Waals surface area contributed by atoms with Crippen molar-refractivity contribution in [2.75, 3.05) is 5.32 Å². The van der Waals surface area contributed by atoms with Crippen LogP contribution in [0.4, 0.5) is 45.2 Å². The van der Waals surface area contributed by atoms with Crippen molar-refractivity contribution in [3.8, 4) is 35.5 Å². The first kappa shape index (κ1) is 62.4. The fraction of sp³-hybridized carbons (Fsp3) is 0.116. The molecule has 0 aliphatic carbocycles. The van der Waals surface area contributed by atoms with Crippen LogP contribution in [-0.2, 0) is 37.9 Å². The molecule has 0 unspecified atom stereocenters. The van der Waals surface area contributed by atoms with E-state index in [1.165, 1.54) is 42.7 Å². The van der Waals surface area contributed by atoms with Crippen LogP contribution in [0.5, 0.6) is 0 Å². The number of imidazole rings is 3. The number of carbonyl (C=O) groups is 2. The molecule has 22 heteroatoms. The summed E-state index contributed by atoms with van der Waals surface area (Å²) in [7, 11) is 0. The zero-order valence-electron chi connectivity index (χ0n) is 47.9. The number of benzene rings is 5. The summed E-state index contributed by atoms with van der Waals surface area (Å²) in [5, 5.41) is 15.8. The van der Waals surface area contributed by atoms with Gasteiger partial charge in [0, 0.05) is 83.9 Å². The van der Waals surface area contributed by atoms with E-state index in [-0.39, 0.29) is 42.1 Å². The minimum absolute atomic E-state index is 0.126. The Morgan fingerprint density at radius 1 is 0.451 bits per heavy atom. The largest absolute Gasteiger partial charge is 0.416 e. The van der Waals surface area contributed by atoms with Gasteiger partial charge in [-0.15, -0.1) is 0 Å². The fourth-order valence-electron chi connectivity index (χ4n) is 9.11. The number of rotatable bonds is 9. The minimum Gasteiger partial charge on any atom is -0.381 e. The van der Waals surface area contributed by atoms with Crippen LogP contribution in [0.3, 0.4) is 0 Å². The van der Waals surface area contributed by atoms with E-state index in [0.717, 1.165) is 64.4 Å². The molecule has 0 atom stereocenters. The second-order valence-corrected chi connectivity index (χ2v) is 20.2. The average Bonchev–Trinajstić information content (AvgIpc) is 2.10. The van der Waals surface area contributed by atoms with Crippen molar-refractivity contribution in [1.82, 2.24) is 48.8 Å². The number of aryl methyl sites for hydroxylation is 1. The van der Waals surface area contributed by atoms with Crippen LogP contribution in [0.15, 0.2) is 201 Å². The SMILES string of the molecule is Cc1c(C#Cc2cnc3cccnn23)cccc1NCc1cccc(C(F)(F)F)c1.Cc1ccc(C#Cc2cnc3cccnn23)cc1C(=O)Cc1cccc(C(F)(F)F)c1.O=C(Cc1cccc(C(F)(F)F)c1)c1cncc(C#Cc2cnc3cccnn23)c1. The lowest BCUT2D eigenvalue weighted by Crippen LogP contribution is -2.09. The standard InChI is InChI=1S/C24H16F3N3O.C23H17F3N4.C22H13F3N4O/c1-16-7-8-17(9-10-20-15-28-23-6-3-11-29-30(20)23)13-21(16)22(31)14-18-4-2-5-19(12-18)24(25,26)27;1-16-18(10-11-20-15-28-22-9-4-12-29-30(20)22)6-3-8-21(16)27-14-17-5-2-7-19(13-17)23(24,25)26;23-22(24,25)18-4-1-3-15(10-18)11-20(30)17-9-16(12-26-13-17)6-7-19-14-27-21-5-2-8-28-29(19)21/h2-8,11-13,15H,14H2,1H3;2-9,12-13,15,27H,14H2,1H3;1-5,8-10,12-14H,11H2. The Kier molecular flexibility index (Phi) is 18.6. The lowest BCUT2D eigenvalue weighted by atomic mass is 9.96. The van der Waals surface area contributed by atoms with E-state index in [0.29, 0.717) is 56.2 Å². The van der Waals surface area contributed by atoms with Gasteiger partial charge in [0.2, 0.25) is 0 Å². The molecule has 13 nitrogen and oxygen atoms in total. The van der Waals surface area contributed by atoms with Crippen LogP contribution in [0, 0.1) is 49.4 Å². The molecular formula is C69H46F9N11O2. The molecule has 12 rings (SSSR count). The van der Waals surface area contributed by atoms with Gasteiger partial charge >= 0.3 is 18.5 Å². The maximum Gasteiger partial charge on any atom is 0.416 e. The molecule has 12 aromatic rings. The van der Waals surface area contributed by atoms with E-state index in [4.69, 9.17) is 0 Å². The van der Waals surface area contributed by atoms with Crippen molar-refractivity contribution in [3.63, 3.8) is 0 Å². The smallest absolute Gasteiger partial charge is 0.381 e. The third-order valence-corrected chi connectivity index (χ3v) is 13.7. The Morgan fingerprint density at radius 2 is 0.912 bits per heavy atom. The highest BCUT2D eigenvalue weighted by atomic mass is 19.4. The van der Waals surface area contributed by atoms with Gasteiger partial charge in [0.1, 0.15) is 17.1 Å². The average molecular weight is 1230 g/mol. The molecule has 0 saturated heterocycles. The normalized spacial score (nSPS) is 11.2. The van der Waals surface area contributed by atoms with Crippen molar-refractivity contribution in [2.24, 2.45) is 0 Å². The lowest BCUT2D eigenvalue weighted by molar-refractivity contribution is -0.138. The molecule has 0 aliphatic rings. The zero-order chi connectivity index (χ0) is 64.3. The van der Waals surface area contributed by atoms with E-state index in [1.54, 1.807) is 106 Å². The minimum atomic E-state index is -4.46. The van der Waals surface area contributed by atoms with Crippen LogP contribution in [0.1, 0.15) is 99.0 Å². The summed E-state index contributed by atoms with van der Waals surface area (Å²) >= 11 is 0. The molecule has 0 saturated carbocycles. The molecule has 91 heavy (non-hydrogen) atoms. The summed E-state index contributed by atoms with van der Waals surface area (Å²) in [6, 6.07) is 38.1. The monoisotopic (exact) mass is 1230 g/mol. The number of alkyl halides is 9. The Balaban J connectivity index is 0.000000150. The number of ketones is 2. The molecule has 7 heterocycles. The quantitative estimate of drug-likeness (QED) is 0.0840. The van der Waals surface area contributed by atoms with Crippen molar-refractivity contribution in [1.29, 1.82) is 0 Å². The van der Waals surface area contributed by atoms with E-state index >= 15 is 0 Å². The van der Waals surface area contributed by atoms with Crippen LogP contribution in [0.25, 0.3) is 16.9 Å². The highest BCUT2D eigenvalue weighted by Crippen LogP contribution is 2.32. The summed E-state index contributed by atoms with van der Waals surface area (Å²) in [6.45, 7) is 3.98. The Bertz CT molecular complexity index is 4870. The van der Waals surface area contributed by atoms with Gasteiger partial charge in [-0.05, 0) is 150 Å². The van der Waals surface area contributed by atoms with Gasteiger partial charge in [-0.1, -0.05) is 78.4 Å². The van der Waals surface area contributed by atoms with E-state index < -0.39 is 35.2 Å². The first-order valence-electron chi connectivity index (χ1n) is 27.5. The van der Waals surface area contributed by atoms with Gasteiger partial charge in [-0.2, -0.15) is 54.8 Å². The van der Waals surface area contributed by atoms with E-state index in [1.807, 2.05) is 43.3 Å². The molecule has 0 spiro atoms. The molecule has 5 aromatic carbocycles. The zero-order valence-corrected chi connectivity index (χ0v) is 47.9. The van der Waals surface area contributed by atoms with E-state index in [2.05, 4.69) is 76.1 Å². The van der Waals surface area contributed by atoms with Gasteiger partial charge in [-0.25, -0.2) is 28.5 Å². The molecule has 0 aliphatic heterocycles. The number of nitrogens with one attached hydrogen (secondary N) is 1. The number of nitrogens with zero attached hydrogens (tertiary/aromatic N) is 10. The number of pyridine rings is 1. The summed E-state index contributed by atoms with van der Waals surface area (Å²) in [4.78, 5) is 42.1. The Hall–Kier alpha value is -11.7. The van der Waals surface area contributed by atoms with Crippen molar-refractivity contribution < 1.29 is 49.1 Å². The molecule has 1 N–H and O–H groups in total. The summed E-state index contributed by atoms with van der Waals surface area (Å²) in [5.74, 6) is 17.5. The summed E-state index contributed by atoms with van der Waals surface area (Å²) in [6.07, 6.45) is -0.878. The molecule has 452 valence electrons. The Labute approximate surface area is 513 Å². The number of fused-ring (bicyclic) bond motifs is 3. The van der Waals surface area contributed by atoms with Crippen LogP contribution in [-0.4, -0.2) is 60.3 Å². The molecule has 0 bridgehead atoms. The highest BCUT2D eigenvalue weighted by Gasteiger charge is 2.32. The van der Waals surface area contributed by atoms with Crippen molar-refractivity contribution in [2.45, 2.75) is 51.8 Å². The maximum atomic E-state index is 12.9. The van der Waals surface area contributed by atoms with Gasteiger partial charge in [0.25, 0.3) is 0 Å². The van der Waals surface area contributed by atoms with Gasteiger partial charge < -0.3 is 5.32 Å². The fourth-order valence-corrected chi connectivity index (χ4v) is 9.11. The summed E-state index contributed by atoms with van der Waals surface area (Å²) in [5.41, 5.74) is 7.94. The third kappa shape index (κ3) is 15.9.